The van der Waals surface area contributed by atoms with Gasteiger partial charge in [-0.05, 0) is 66.6 Å². The molecule has 254 valence electrons. The fourth-order valence-electron chi connectivity index (χ4n) is 6.98. The maximum Gasteiger partial charge on any atom is 0.410 e. The molecule has 6 rings (SSSR count). The number of nitrogens with one attached hydrogen (secondary N) is 2. The van der Waals surface area contributed by atoms with Crippen LogP contribution < -0.4 is 10.6 Å². The van der Waals surface area contributed by atoms with E-state index in [4.69, 9.17) is 9.47 Å². The molecule has 4 aromatic rings. The first-order chi connectivity index (χ1) is 23.6. The predicted octanol–water partition coefficient (Wildman–Crippen LogP) is 6.72. The number of hydrogen-bond donors (Lipinski definition) is 2. The third kappa shape index (κ3) is 7.86. The van der Waals surface area contributed by atoms with Crippen LogP contribution in [0.15, 0.2) is 103 Å². The molecule has 1 aliphatic heterocycles. The van der Waals surface area contributed by atoms with E-state index < -0.39 is 29.7 Å². The van der Waals surface area contributed by atoms with Crippen molar-refractivity contribution in [1.82, 2.24) is 15.5 Å². The molecule has 2 N–H and O–H groups in total. The van der Waals surface area contributed by atoms with Gasteiger partial charge in [0.05, 0.1) is 18.2 Å². The van der Waals surface area contributed by atoms with Crippen molar-refractivity contribution in [3.8, 4) is 22.3 Å². The van der Waals surface area contributed by atoms with E-state index in [1.807, 2.05) is 107 Å². The summed E-state index contributed by atoms with van der Waals surface area (Å²) in [5.74, 6) is -0.801. The lowest BCUT2D eigenvalue weighted by molar-refractivity contribution is -0.131. The molecule has 0 bridgehead atoms. The maximum atomic E-state index is 14.0. The van der Waals surface area contributed by atoms with Crippen LogP contribution in [0.5, 0.6) is 0 Å². The van der Waals surface area contributed by atoms with Gasteiger partial charge in [0, 0.05) is 25.3 Å². The first-order valence-electron chi connectivity index (χ1n) is 17.1. The van der Waals surface area contributed by atoms with E-state index in [1.165, 1.54) is 4.90 Å². The van der Waals surface area contributed by atoms with E-state index >= 15 is 0 Å². The normalized spacial score (nSPS) is 17.6. The molecule has 0 radical (unpaired) electrons. The molecule has 3 amide bonds. The Balaban J connectivity index is 1.18. The Morgan fingerprint density at radius 3 is 2.02 bits per heavy atom. The van der Waals surface area contributed by atoms with E-state index in [0.29, 0.717) is 19.4 Å². The molecule has 1 aliphatic carbocycles. The summed E-state index contributed by atoms with van der Waals surface area (Å²) in [6.45, 7) is 8.47. The van der Waals surface area contributed by atoms with Gasteiger partial charge in [0.25, 0.3) is 0 Å². The molecule has 1 fully saturated rings. The molecule has 8 heteroatoms. The monoisotopic (exact) mass is 659 g/mol. The Hall–Kier alpha value is -4.95. The number of ether oxygens (including phenoxy) is 2. The van der Waals surface area contributed by atoms with Crippen molar-refractivity contribution >= 4 is 17.9 Å². The van der Waals surface area contributed by atoms with Gasteiger partial charge in [-0.25, -0.2) is 4.79 Å². The lowest BCUT2D eigenvalue weighted by Crippen LogP contribution is -2.54. The van der Waals surface area contributed by atoms with E-state index in [-0.39, 0.29) is 31.1 Å². The predicted molar refractivity (Wildman–Crippen MR) is 191 cm³/mol. The average molecular weight is 660 g/mol. The van der Waals surface area contributed by atoms with Crippen molar-refractivity contribution in [2.45, 2.75) is 70.2 Å². The molecule has 1 saturated heterocycles. The number of fused-ring (bicyclic) bond motifs is 3. The highest BCUT2D eigenvalue weighted by Gasteiger charge is 2.43. The summed E-state index contributed by atoms with van der Waals surface area (Å²) < 4.78 is 12.2. The van der Waals surface area contributed by atoms with Gasteiger partial charge in [-0.1, -0.05) is 103 Å². The molecule has 0 aromatic heterocycles. The molecule has 0 spiro atoms. The zero-order chi connectivity index (χ0) is 34.5. The van der Waals surface area contributed by atoms with Crippen LogP contribution >= 0.6 is 0 Å². The van der Waals surface area contributed by atoms with Crippen molar-refractivity contribution in [2.24, 2.45) is 0 Å². The van der Waals surface area contributed by atoms with Gasteiger partial charge >= 0.3 is 6.09 Å². The fraction of sp³-hybridized carbons (Fsp3) is 0.341. The molecule has 3 atom stereocenters. The van der Waals surface area contributed by atoms with Crippen molar-refractivity contribution in [1.29, 1.82) is 0 Å². The minimum absolute atomic E-state index is 0.108. The molecular formula is C41H45N3O5. The highest BCUT2D eigenvalue weighted by molar-refractivity contribution is 5.92. The van der Waals surface area contributed by atoms with E-state index in [2.05, 4.69) is 34.9 Å². The van der Waals surface area contributed by atoms with Gasteiger partial charge in [0.15, 0.2) is 0 Å². The third-order valence-corrected chi connectivity index (χ3v) is 9.14. The summed E-state index contributed by atoms with van der Waals surface area (Å²) in [5.41, 5.74) is 7.11. The zero-order valence-electron chi connectivity index (χ0n) is 28.6. The van der Waals surface area contributed by atoms with Crippen LogP contribution in [0.2, 0.25) is 0 Å². The quantitative estimate of drug-likeness (QED) is 0.197. The van der Waals surface area contributed by atoms with Gasteiger partial charge in [0.1, 0.15) is 18.7 Å². The number of rotatable bonds is 10. The smallest absolute Gasteiger partial charge is 0.410 e. The Bertz CT molecular complexity index is 1740. The summed E-state index contributed by atoms with van der Waals surface area (Å²) in [7, 11) is 0. The Morgan fingerprint density at radius 2 is 1.41 bits per heavy atom. The molecule has 0 saturated carbocycles. The first kappa shape index (κ1) is 33.9. The van der Waals surface area contributed by atoms with Crippen LogP contribution in [0.25, 0.3) is 22.3 Å². The largest absolute Gasteiger partial charge is 0.448 e. The van der Waals surface area contributed by atoms with Crippen LogP contribution in [-0.2, 0) is 25.5 Å². The van der Waals surface area contributed by atoms with E-state index in [1.54, 1.807) is 0 Å². The van der Waals surface area contributed by atoms with Crippen molar-refractivity contribution in [3.05, 3.63) is 120 Å². The van der Waals surface area contributed by atoms with Gasteiger partial charge < -0.3 is 20.1 Å². The molecule has 49 heavy (non-hydrogen) atoms. The second kappa shape index (κ2) is 14.7. The lowest BCUT2D eigenvalue weighted by atomic mass is 9.98. The van der Waals surface area contributed by atoms with Crippen LogP contribution in [0, 0.1) is 0 Å². The Morgan fingerprint density at radius 1 is 0.816 bits per heavy atom. The lowest BCUT2D eigenvalue weighted by Gasteiger charge is -2.26. The first-order valence-corrected chi connectivity index (χ1v) is 17.1. The number of nitrogens with zero attached hydrogens (tertiary/aromatic N) is 1. The third-order valence-electron chi connectivity index (χ3n) is 9.14. The fourth-order valence-corrected chi connectivity index (χ4v) is 6.98. The van der Waals surface area contributed by atoms with Crippen LogP contribution in [0.3, 0.4) is 0 Å². The number of hydrogen-bond acceptors (Lipinski definition) is 5. The molecule has 4 aromatic carbocycles. The van der Waals surface area contributed by atoms with Crippen molar-refractivity contribution in [2.75, 3.05) is 19.7 Å². The summed E-state index contributed by atoms with van der Waals surface area (Å²) in [6.07, 6.45) is -0.356. The molecule has 8 nitrogen and oxygen atoms in total. The van der Waals surface area contributed by atoms with Crippen LogP contribution in [-0.4, -0.2) is 66.3 Å². The summed E-state index contributed by atoms with van der Waals surface area (Å²) in [4.78, 5) is 42.5. The molecule has 0 unspecified atom stereocenters. The highest BCUT2D eigenvalue weighted by atomic mass is 16.6. The highest BCUT2D eigenvalue weighted by Crippen LogP contribution is 2.44. The second-order valence-electron chi connectivity index (χ2n) is 13.8. The number of benzene rings is 4. The Kier molecular flexibility index (Phi) is 10.2. The van der Waals surface area contributed by atoms with E-state index in [0.717, 1.165) is 38.9 Å². The van der Waals surface area contributed by atoms with Gasteiger partial charge in [-0.2, -0.15) is 0 Å². The summed E-state index contributed by atoms with van der Waals surface area (Å²) >= 11 is 0. The van der Waals surface area contributed by atoms with Crippen LogP contribution in [0.4, 0.5) is 4.79 Å². The molecule has 2 aliphatic rings. The van der Waals surface area contributed by atoms with Crippen molar-refractivity contribution < 1.29 is 23.9 Å². The van der Waals surface area contributed by atoms with Crippen LogP contribution in [0.1, 0.15) is 56.7 Å². The number of likely N-dealkylation sites (N-methyl/N-ethyl adjacent to an activating group) is 1. The van der Waals surface area contributed by atoms with Crippen molar-refractivity contribution in [3.63, 3.8) is 0 Å². The zero-order valence-corrected chi connectivity index (χ0v) is 28.6. The molecule has 1 heterocycles. The number of amides is 3. The number of carbonyl (C=O) groups excluding carboxylic acids is 3. The maximum absolute atomic E-state index is 14.0. The van der Waals surface area contributed by atoms with Gasteiger partial charge in [-0.15, -0.1) is 0 Å². The van der Waals surface area contributed by atoms with Gasteiger partial charge in [-0.3, -0.25) is 14.5 Å². The standard InChI is InChI=1S/C41H45N3O5/c1-5-42-38(45)36(23-27-19-21-29(22-20-27)28-13-7-6-8-14-28)43-39(46)37-24-30(49-41(2,3)4)25-44(37)40(47)48-26-35-33-17-11-9-15-31(33)32-16-10-12-18-34(32)35/h6-22,30,35-37H,5,23-26H2,1-4H3,(H,42,45)(H,43,46)/t30-,36-,37+/m1/s1. The van der Waals surface area contributed by atoms with Gasteiger partial charge in [0.2, 0.25) is 11.8 Å². The Labute approximate surface area is 288 Å². The molecular weight excluding hydrogens is 614 g/mol. The second-order valence-corrected chi connectivity index (χ2v) is 13.8. The number of likely N-dealkylation sites (tertiary alicyclic amines) is 1. The topological polar surface area (TPSA) is 97.0 Å². The number of carbonyl (C=O) groups is 3. The minimum Gasteiger partial charge on any atom is -0.448 e. The summed E-state index contributed by atoms with van der Waals surface area (Å²) in [5, 5.41) is 5.83. The van der Waals surface area contributed by atoms with E-state index in [9.17, 15) is 14.4 Å². The average Bonchev–Trinajstić information content (AvgIpc) is 3.66. The summed E-state index contributed by atoms with van der Waals surface area (Å²) in [6, 6.07) is 32.7. The minimum atomic E-state index is -0.861. The SMILES string of the molecule is CCNC(=O)[C@@H](Cc1ccc(-c2ccccc2)cc1)NC(=O)[C@@H]1C[C@@H](OC(C)(C)C)CN1C(=O)OCC1c2ccccc2-c2ccccc21.